The van der Waals surface area contributed by atoms with Gasteiger partial charge < -0.3 is 29.1 Å². The molecule has 3 aromatic carbocycles. The van der Waals surface area contributed by atoms with Gasteiger partial charge in [-0.3, -0.25) is 0 Å². The van der Waals surface area contributed by atoms with E-state index in [2.05, 4.69) is 49.4 Å². The van der Waals surface area contributed by atoms with Gasteiger partial charge >= 0.3 is 5.69 Å². The number of aromatic hydroxyl groups is 1. The van der Waals surface area contributed by atoms with Crippen molar-refractivity contribution in [2.24, 2.45) is 0 Å². The SMILES string of the molecule is CCC(C)n1ncn(-c2ccc(N3CCN(c4ccc(OC[C@@H]5CO[C@](Cc6ccnnc6)(c6ccccc6O)O5)cc4)CC3)cc2)c1=O. The van der Waals surface area contributed by atoms with Crippen LogP contribution in [0, 0.1) is 0 Å². The molecule has 1 N–H and O–H groups in total. The molecule has 0 radical (unpaired) electrons. The van der Waals surface area contributed by atoms with E-state index in [1.54, 1.807) is 35.4 Å². The van der Waals surface area contributed by atoms with Crippen LogP contribution in [0.3, 0.4) is 0 Å². The predicted molar refractivity (Wildman–Crippen MR) is 186 cm³/mol. The minimum absolute atomic E-state index is 0.0647. The number of nitrogens with zero attached hydrogens (tertiary/aromatic N) is 7. The molecule has 5 aromatic rings. The Morgan fingerprint density at radius 1 is 0.918 bits per heavy atom. The third kappa shape index (κ3) is 6.87. The van der Waals surface area contributed by atoms with E-state index in [0.717, 1.165) is 61.0 Å². The lowest BCUT2D eigenvalue weighted by atomic mass is 9.97. The molecule has 2 aromatic heterocycles. The van der Waals surface area contributed by atoms with Crippen molar-refractivity contribution in [2.75, 3.05) is 49.2 Å². The van der Waals surface area contributed by atoms with E-state index in [9.17, 15) is 9.90 Å². The number of aromatic nitrogens is 5. The molecular formula is C37H41N7O5. The van der Waals surface area contributed by atoms with Gasteiger partial charge in [0.05, 0.1) is 30.1 Å². The predicted octanol–water partition coefficient (Wildman–Crippen LogP) is 4.72. The number of rotatable bonds is 11. The Labute approximate surface area is 285 Å². The quantitative estimate of drug-likeness (QED) is 0.213. The van der Waals surface area contributed by atoms with E-state index >= 15 is 0 Å². The second-order valence-corrected chi connectivity index (χ2v) is 12.5. The van der Waals surface area contributed by atoms with Gasteiger partial charge in [0.1, 0.15) is 30.5 Å². The summed E-state index contributed by atoms with van der Waals surface area (Å²) < 4.78 is 22.0. The molecule has 1 unspecified atom stereocenters. The number of phenols is 1. The zero-order valence-electron chi connectivity index (χ0n) is 27.8. The first kappa shape index (κ1) is 32.4. The summed E-state index contributed by atoms with van der Waals surface area (Å²) in [4.78, 5) is 17.5. The van der Waals surface area contributed by atoms with Crippen LogP contribution in [0.1, 0.15) is 37.4 Å². The molecule has 12 heteroatoms. The van der Waals surface area contributed by atoms with Crippen LogP contribution in [0.5, 0.6) is 11.5 Å². The number of hydrogen-bond donors (Lipinski definition) is 1. The summed E-state index contributed by atoms with van der Waals surface area (Å²) in [5.41, 5.74) is 4.43. The third-order valence-corrected chi connectivity index (χ3v) is 9.37. The highest BCUT2D eigenvalue weighted by Crippen LogP contribution is 2.41. The monoisotopic (exact) mass is 663 g/mol. The average molecular weight is 664 g/mol. The number of ether oxygens (including phenoxy) is 3. The summed E-state index contributed by atoms with van der Waals surface area (Å²) >= 11 is 0. The van der Waals surface area contributed by atoms with Crippen molar-refractivity contribution in [1.82, 2.24) is 24.5 Å². The molecule has 2 saturated heterocycles. The highest BCUT2D eigenvalue weighted by Gasteiger charge is 2.45. The number of anilines is 2. The minimum atomic E-state index is -1.16. The molecule has 0 amide bonds. The number of phenolic OH excluding ortho intramolecular Hbond substituents is 1. The van der Waals surface area contributed by atoms with E-state index in [4.69, 9.17) is 14.2 Å². The molecule has 2 fully saturated rings. The Morgan fingerprint density at radius 2 is 1.59 bits per heavy atom. The smallest absolute Gasteiger partial charge is 0.350 e. The Morgan fingerprint density at radius 3 is 2.24 bits per heavy atom. The lowest BCUT2D eigenvalue weighted by Crippen LogP contribution is -2.46. The van der Waals surface area contributed by atoms with Crippen molar-refractivity contribution in [2.45, 2.75) is 44.6 Å². The first-order chi connectivity index (χ1) is 23.9. The summed E-state index contributed by atoms with van der Waals surface area (Å²) in [5.74, 6) is -0.300. The fourth-order valence-corrected chi connectivity index (χ4v) is 6.42. The van der Waals surface area contributed by atoms with Crippen LogP contribution in [0.4, 0.5) is 11.4 Å². The second kappa shape index (κ2) is 14.1. The van der Waals surface area contributed by atoms with Crippen molar-refractivity contribution in [1.29, 1.82) is 0 Å². The standard InChI is InChI=1S/C37H41N7O5/c1-3-27(2)44-36(46)43(26-40-44)31-10-8-29(9-11-31)41-18-20-42(21-19-41)30-12-14-32(15-13-30)47-24-33-25-48-37(49-33,22-28-16-17-38-39-23-28)34-6-4-5-7-35(34)45/h4-17,23,26-27,33,45H,3,18-22,24-25H2,1-2H3/t27?,33-,37+/m1/s1. The van der Waals surface area contributed by atoms with E-state index in [-0.39, 0.29) is 23.6 Å². The van der Waals surface area contributed by atoms with Crippen LogP contribution < -0.4 is 20.2 Å². The van der Waals surface area contributed by atoms with Crippen molar-refractivity contribution >= 4 is 11.4 Å². The number of benzene rings is 3. The second-order valence-electron chi connectivity index (χ2n) is 12.5. The van der Waals surface area contributed by atoms with Crippen LogP contribution in [0.2, 0.25) is 0 Å². The van der Waals surface area contributed by atoms with Crippen molar-refractivity contribution < 1.29 is 19.3 Å². The molecule has 0 spiro atoms. The Balaban J connectivity index is 0.925. The molecule has 2 aliphatic heterocycles. The first-order valence-corrected chi connectivity index (χ1v) is 16.8. The van der Waals surface area contributed by atoms with Gasteiger partial charge in [-0.2, -0.15) is 15.3 Å². The fraction of sp³-hybridized carbons (Fsp3) is 0.351. The van der Waals surface area contributed by atoms with E-state index < -0.39 is 5.79 Å². The summed E-state index contributed by atoms with van der Waals surface area (Å²) in [6.45, 7) is 8.21. The highest BCUT2D eigenvalue weighted by atomic mass is 16.8. The van der Waals surface area contributed by atoms with E-state index in [1.807, 2.05) is 56.3 Å². The van der Waals surface area contributed by atoms with Gasteiger partial charge in [-0.1, -0.05) is 19.1 Å². The Hall–Kier alpha value is -5.20. The van der Waals surface area contributed by atoms with Gasteiger partial charge in [-0.05, 0) is 85.6 Å². The Kier molecular flexibility index (Phi) is 9.32. The summed E-state index contributed by atoms with van der Waals surface area (Å²) in [6.07, 6.45) is 5.79. The van der Waals surface area contributed by atoms with Crippen LogP contribution in [0.25, 0.3) is 5.69 Å². The zero-order chi connectivity index (χ0) is 33.8. The molecule has 7 rings (SSSR count). The van der Waals surface area contributed by atoms with Crippen LogP contribution >= 0.6 is 0 Å². The lowest BCUT2D eigenvalue weighted by Gasteiger charge is -2.37. The molecule has 12 nitrogen and oxygen atoms in total. The normalized spacial score (nSPS) is 20.0. The number of para-hydroxylation sites is 1. The summed E-state index contributed by atoms with van der Waals surface area (Å²) in [5, 5.41) is 22.8. The van der Waals surface area contributed by atoms with Gasteiger partial charge in [0.2, 0.25) is 5.79 Å². The van der Waals surface area contributed by atoms with Crippen molar-refractivity contribution in [3.05, 3.63) is 119 Å². The highest BCUT2D eigenvalue weighted by molar-refractivity contribution is 5.54. The molecular weight excluding hydrogens is 622 g/mol. The lowest BCUT2D eigenvalue weighted by molar-refractivity contribution is -0.179. The van der Waals surface area contributed by atoms with Gasteiger partial charge in [-0.25, -0.2) is 14.0 Å². The number of hydrogen-bond acceptors (Lipinski definition) is 10. The molecule has 0 saturated carbocycles. The molecule has 49 heavy (non-hydrogen) atoms. The van der Waals surface area contributed by atoms with Gasteiger partial charge in [0.25, 0.3) is 0 Å². The first-order valence-electron chi connectivity index (χ1n) is 16.8. The maximum absolute atomic E-state index is 12.8. The van der Waals surface area contributed by atoms with Crippen molar-refractivity contribution in [3.63, 3.8) is 0 Å². The summed E-state index contributed by atoms with van der Waals surface area (Å²) in [7, 11) is 0. The summed E-state index contributed by atoms with van der Waals surface area (Å²) in [6, 6.07) is 25.3. The topological polar surface area (TPSA) is 120 Å². The fourth-order valence-electron chi connectivity index (χ4n) is 6.42. The third-order valence-electron chi connectivity index (χ3n) is 9.37. The van der Waals surface area contributed by atoms with Gasteiger partial charge in [0.15, 0.2) is 0 Å². The van der Waals surface area contributed by atoms with Crippen LogP contribution in [-0.4, -0.2) is 75.1 Å². The maximum Gasteiger partial charge on any atom is 0.350 e. The molecule has 4 heterocycles. The zero-order valence-corrected chi connectivity index (χ0v) is 27.8. The van der Waals surface area contributed by atoms with Crippen molar-refractivity contribution in [3.8, 4) is 17.2 Å². The molecule has 0 aliphatic carbocycles. The van der Waals surface area contributed by atoms with Gasteiger partial charge in [-0.15, -0.1) is 0 Å². The van der Waals surface area contributed by atoms with Crippen LogP contribution in [-0.2, 0) is 21.7 Å². The van der Waals surface area contributed by atoms with Gasteiger partial charge in [0, 0.05) is 50.2 Å². The molecule has 0 bridgehead atoms. The van der Waals surface area contributed by atoms with Crippen LogP contribution in [0.15, 0.2) is 102 Å². The van der Waals surface area contributed by atoms with E-state index in [0.29, 0.717) is 25.2 Å². The molecule has 2 aliphatic rings. The maximum atomic E-state index is 12.8. The average Bonchev–Trinajstić information content (AvgIpc) is 3.75. The van der Waals surface area contributed by atoms with E-state index in [1.165, 1.54) is 4.68 Å². The minimum Gasteiger partial charge on any atom is -0.507 e. The largest absolute Gasteiger partial charge is 0.507 e. The molecule has 3 atom stereocenters. The molecule has 254 valence electrons. The number of piperazine rings is 1. The Bertz CT molecular complexity index is 1890.